The zero-order chi connectivity index (χ0) is 12.3. The molecule has 0 aromatic heterocycles. The quantitative estimate of drug-likeness (QED) is 0.847. The molecule has 1 aliphatic carbocycles. The summed E-state index contributed by atoms with van der Waals surface area (Å²) in [5.41, 5.74) is 2.44. The fourth-order valence-electron chi connectivity index (χ4n) is 2.53. The van der Waals surface area contributed by atoms with Crippen LogP contribution in [0.3, 0.4) is 0 Å². The van der Waals surface area contributed by atoms with Crippen LogP contribution in [0.15, 0.2) is 24.3 Å². The minimum atomic E-state index is -0.410. The highest BCUT2D eigenvalue weighted by atomic mass is 16.5. The van der Waals surface area contributed by atoms with E-state index < -0.39 is 6.10 Å². The Labute approximate surface area is 104 Å². The smallest absolute Gasteiger partial charge is 0.0840 e. The van der Waals surface area contributed by atoms with Crippen molar-refractivity contribution in [1.82, 2.24) is 0 Å². The lowest BCUT2D eigenvalue weighted by Gasteiger charge is -2.30. The highest BCUT2D eigenvalue weighted by Gasteiger charge is 2.26. The molecule has 1 N–H and O–H groups in total. The molecule has 0 spiro atoms. The molecular formula is C15H22O2. The Balaban J connectivity index is 2.18. The number of ether oxygens (including phenoxy) is 1. The molecule has 1 saturated carbocycles. The molecule has 1 aromatic carbocycles. The SMILES string of the molecule is COCC(C)C(O)c1ccccc1C1CCC1. The van der Waals surface area contributed by atoms with Crippen molar-refractivity contribution in [2.75, 3.05) is 13.7 Å². The predicted molar refractivity (Wildman–Crippen MR) is 69.0 cm³/mol. The molecule has 2 atom stereocenters. The van der Waals surface area contributed by atoms with Crippen molar-refractivity contribution >= 4 is 0 Å². The van der Waals surface area contributed by atoms with Crippen molar-refractivity contribution in [1.29, 1.82) is 0 Å². The molecule has 2 heteroatoms. The van der Waals surface area contributed by atoms with E-state index in [-0.39, 0.29) is 5.92 Å². The van der Waals surface area contributed by atoms with Gasteiger partial charge < -0.3 is 9.84 Å². The van der Waals surface area contributed by atoms with Crippen molar-refractivity contribution < 1.29 is 9.84 Å². The molecular weight excluding hydrogens is 212 g/mol. The van der Waals surface area contributed by atoms with Gasteiger partial charge in [-0.25, -0.2) is 0 Å². The Morgan fingerprint density at radius 3 is 2.65 bits per heavy atom. The lowest BCUT2D eigenvalue weighted by atomic mass is 9.76. The van der Waals surface area contributed by atoms with Gasteiger partial charge >= 0.3 is 0 Å². The number of methoxy groups -OCH3 is 1. The number of hydrogen-bond donors (Lipinski definition) is 1. The minimum absolute atomic E-state index is 0.140. The summed E-state index contributed by atoms with van der Waals surface area (Å²) in [6.07, 6.45) is 3.44. The molecule has 1 aromatic rings. The standard InChI is InChI=1S/C15H22O2/c1-11(10-17-2)15(16)14-9-4-3-8-13(14)12-6-5-7-12/h3-4,8-9,11-12,15-16H,5-7,10H2,1-2H3. The van der Waals surface area contributed by atoms with Crippen molar-refractivity contribution in [3.05, 3.63) is 35.4 Å². The topological polar surface area (TPSA) is 29.5 Å². The summed E-state index contributed by atoms with van der Waals surface area (Å²) in [6.45, 7) is 2.63. The molecule has 0 amide bonds. The van der Waals surface area contributed by atoms with Crippen LogP contribution in [-0.4, -0.2) is 18.8 Å². The highest BCUT2D eigenvalue weighted by molar-refractivity contribution is 5.33. The molecule has 0 radical (unpaired) electrons. The van der Waals surface area contributed by atoms with Gasteiger partial charge in [0, 0.05) is 13.0 Å². The normalized spacial score (nSPS) is 19.7. The fraction of sp³-hybridized carbons (Fsp3) is 0.600. The fourth-order valence-corrected chi connectivity index (χ4v) is 2.53. The third kappa shape index (κ3) is 2.70. The first kappa shape index (κ1) is 12.6. The third-order valence-electron chi connectivity index (χ3n) is 3.83. The predicted octanol–water partition coefficient (Wildman–Crippen LogP) is 3.27. The van der Waals surface area contributed by atoms with Crippen LogP contribution in [-0.2, 0) is 4.74 Å². The van der Waals surface area contributed by atoms with Gasteiger partial charge in [0.1, 0.15) is 0 Å². The summed E-state index contributed by atoms with van der Waals surface area (Å²) in [5.74, 6) is 0.803. The summed E-state index contributed by atoms with van der Waals surface area (Å²) in [6, 6.07) is 8.32. The van der Waals surface area contributed by atoms with E-state index in [0.29, 0.717) is 12.5 Å². The van der Waals surface area contributed by atoms with Gasteiger partial charge in [-0.05, 0) is 29.9 Å². The monoisotopic (exact) mass is 234 g/mol. The average Bonchev–Trinajstić information content (AvgIpc) is 2.27. The number of aliphatic hydroxyl groups is 1. The lowest BCUT2D eigenvalue weighted by Crippen LogP contribution is -2.19. The van der Waals surface area contributed by atoms with Gasteiger partial charge in [0.15, 0.2) is 0 Å². The van der Waals surface area contributed by atoms with E-state index in [1.54, 1.807) is 7.11 Å². The van der Waals surface area contributed by atoms with E-state index in [1.807, 2.05) is 13.0 Å². The molecule has 17 heavy (non-hydrogen) atoms. The van der Waals surface area contributed by atoms with Gasteiger partial charge in [0.2, 0.25) is 0 Å². The molecule has 0 bridgehead atoms. The van der Waals surface area contributed by atoms with Crippen LogP contribution in [0.25, 0.3) is 0 Å². The van der Waals surface area contributed by atoms with E-state index in [1.165, 1.54) is 24.8 Å². The molecule has 0 heterocycles. The Bertz CT molecular complexity index is 358. The van der Waals surface area contributed by atoms with Crippen molar-refractivity contribution in [3.63, 3.8) is 0 Å². The summed E-state index contributed by atoms with van der Waals surface area (Å²) in [5, 5.41) is 10.4. The second-order valence-electron chi connectivity index (χ2n) is 5.13. The van der Waals surface area contributed by atoms with Crippen LogP contribution in [0.1, 0.15) is 49.3 Å². The molecule has 1 fully saturated rings. The zero-order valence-corrected chi connectivity index (χ0v) is 10.7. The van der Waals surface area contributed by atoms with Crippen molar-refractivity contribution in [2.45, 2.75) is 38.2 Å². The molecule has 0 saturated heterocycles. The maximum atomic E-state index is 10.4. The first-order valence-corrected chi connectivity index (χ1v) is 6.50. The van der Waals surface area contributed by atoms with Crippen molar-refractivity contribution in [2.24, 2.45) is 5.92 Å². The second kappa shape index (κ2) is 5.65. The molecule has 0 aliphatic heterocycles. The Morgan fingerprint density at radius 2 is 2.06 bits per heavy atom. The van der Waals surface area contributed by atoms with Gasteiger partial charge in [-0.2, -0.15) is 0 Å². The summed E-state index contributed by atoms with van der Waals surface area (Å²) in [4.78, 5) is 0. The maximum Gasteiger partial charge on any atom is 0.0840 e. The highest BCUT2D eigenvalue weighted by Crippen LogP contribution is 2.40. The van der Waals surface area contributed by atoms with Gasteiger partial charge in [-0.3, -0.25) is 0 Å². The van der Waals surface area contributed by atoms with Crippen molar-refractivity contribution in [3.8, 4) is 0 Å². The molecule has 2 unspecified atom stereocenters. The Hall–Kier alpha value is -0.860. The Kier molecular flexibility index (Phi) is 4.19. The van der Waals surface area contributed by atoms with Crippen LogP contribution in [0.4, 0.5) is 0 Å². The second-order valence-corrected chi connectivity index (χ2v) is 5.13. The third-order valence-corrected chi connectivity index (χ3v) is 3.83. The average molecular weight is 234 g/mol. The molecule has 94 valence electrons. The number of aliphatic hydroxyl groups excluding tert-OH is 1. The largest absolute Gasteiger partial charge is 0.388 e. The van der Waals surface area contributed by atoms with Crippen LogP contribution >= 0.6 is 0 Å². The van der Waals surface area contributed by atoms with Crippen LogP contribution < -0.4 is 0 Å². The van der Waals surface area contributed by atoms with Gasteiger partial charge in [0.05, 0.1) is 12.7 Å². The number of benzene rings is 1. The van der Waals surface area contributed by atoms with Gasteiger partial charge in [-0.1, -0.05) is 37.6 Å². The Morgan fingerprint density at radius 1 is 1.35 bits per heavy atom. The summed E-state index contributed by atoms with van der Waals surface area (Å²) in [7, 11) is 1.68. The first-order valence-electron chi connectivity index (χ1n) is 6.50. The van der Waals surface area contributed by atoms with Crippen LogP contribution in [0.5, 0.6) is 0 Å². The molecule has 2 rings (SSSR count). The number of rotatable bonds is 5. The first-order chi connectivity index (χ1) is 8.24. The minimum Gasteiger partial charge on any atom is -0.388 e. The van der Waals surface area contributed by atoms with E-state index in [9.17, 15) is 5.11 Å². The van der Waals surface area contributed by atoms with E-state index in [0.717, 1.165) is 5.56 Å². The maximum absolute atomic E-state index is 10.4. The lowest BCUT2D eigenvalue weighted by molar-refractivity contribution is 0.0556. The zero-order valence-electron chi connectivity index (χ0n) is 10.7. The number of hydrogen-bond acceptors (Lipinski definition) is 2. The van der Waals surface area contributed by atoms with E-state index in [4.69, 9.17) is 4.74 Å². The van der Waals surface area contributed by atoms with E-state index in [2.05, 4.69) is 18.2 Å². The van der Waals surface area contributed by atoms with Crippen LogP contribution in [0.2, 0.25) is 0 Å². The van der Waals surface area contributed by atoms with Gasteiger partial charge in [-0.15, -0.1) is 0 Å². The van der Waals surface area contributed by atoms with Crippen LogP contribution in [0, 0.1) is 5.92 Å². The summed E-state index contributed by atoms with van der Waals surface area (Å²) < 4.78 is 5.13. The van der Waals surface area contributed by atoms with Gasteiger partial charge in [0.25, 0.3) is 0 Å². The van der Waals surface area contributed by atoms with E-state index >= 15 is 0 Å². The summed E-state index contributed by atoms with van der Waals surface area (Å²) >= 11 is 0. The molecule has 2 nitrogen and oxygen atoms in total. The molecule has 1 aliphatic rings.